The van der Waals surface area contributed by atoms with Gasteiger partial charge < -0.3 is 9.72 Å². The molecule has 18 heavy (non-hydrogen) atoms. The van der Waals surface area contributed by atoms with Crippen molar-refractivity contribution in [3.05, 3.63) is 34.1 Å². The number of nitrogens with zero attached hydrogens (tertiary/aromatic N) is 1. The van der Waals surface area contributed by atoms with Crippen LogP contribution in [0.15, 0.2) is 16.9 Å². The van der Waals surface area contributed by atoms with Gasteiger partial charge in [0.1, 0.15) is 0 Å². The van der Waals surface area contributed by atoms with Gasteiger partial charge in [-0.1, -0.05) is 6.92 Å². The van der Waals surface area contributed by atoms with E-state index < -0.39 is 29.0 Å². The summed E-state index contributed by atoms with van der Waals surface area (Å²) in [5, 5.41) is 0. The molecule has 1 aromatic carbocycles. The van der Waals surface area contributed by atoms with Crippen LogP contribution in [0.3, 0.4) is 0 Å². The average Bonchev–Trinajstić information content (AvgIpc) is 2.32. The number of rotatable bonds is 2. The molecule has 0 saturated heterocycles. The van der Waals surface area contributed by atoms with E-state index in [1.54, 1.807) is 6.92 Å². The van der Waals surface area contributed by atoms with Crippen LogP contribution in [0.25, 0.3) is 11.0 Å². The maximum Gasteiger partial charge on any atom is 0.312 e. The summed E-state index contributed by atoms with van der Waals surface area (Å²) in [5.74, 6) is -3.33. The molecule has 5 nitrogen and oxygen atoms in total. The van der Waals surface area contributed by atoms with Crippen molar-refractivity contribution in [2.75, 3.05) is 0 Å². The first-order valence-corrected chi connectivity index (χ1v) is 5.11. The minimum atomic E-state index is -1.10. The monoisotopic (exact) mass is 254 g/mol. The summed E-state index contributed by atoms with van der Waals surface area (Å²) in [6.07, 6.45) is 0.0664. The minimum Gasteiger partial charge on any atom is -0.402 e. The van der Waals surface area contributed by atoms with E-state index >= 15 is 0 Å². The third kappa shape index (κ3) is 2.20. The molecule has 1 heterocycles. The van der Waals surface area contributed by atoms with E-state index in [0.717, 1.165) is 12.1 Å². The van der Waals surface area contributed by atoms with Crippen molar-refractivity contribution in [2.24, 2.45) is 0 Å². The fourth-order valence-corrected chi connectivity index (χ4v) is 1.31. The molecule has 0 saturated carbocycles. The summed E-state index contributed by atoms with van der Waals surface area (Å²) in [6, 6.07) is 1.62. The summed E-state index contributed by atoms with van der Waals surface area (Å²) in [5.41, 5.74) is -0.766. The van der Waals surface area contributed by atoms with E-state index in [2.05, 4.69) is 14.7 Å². The van der Waals surface area contributed by atoms with Crippen LogP contribution in [-0.2, 0) is 4.79 Å². The molecule has 0 unspecified atom stereocenters. The minimum absolute atomic E-state index is 0.00703. The first kappa shape index (κ1) is 12.2. The Morgan fingerprint density at radius 1 is 1.39 bits per heavy atom. The molecule has 0 fully saturated rings. The van der Waals surface area contributed by atoms with Crippen LogP contribution in [0.5, 0.6) is 5.88 Å². The number of aromatic amines is 1. The van der Waals surface area contributed by atoms with Crippen molar-refractivity contribution >= 4 is 17.0 Å². The molecule has 0 aliphatic rings. The second kappa shape index (κ2) is 4.52. The summed E-state index contributed by atoms with van der Waals surface area (Å²) in [4.78, 5) is 28.4. The number of hydrogen-bond donors (Lipinski definition) is 1. The smallest absolute Gasteiger partial charge is 0.312 e. The van der Waals surface area contributed by atoms with Gasteiger partial charge in [0.2, 0.25) is 0 Å². The SMILES string of the molecule is CCC(=O)Oc1nc2cc(F)c(F)cc2[nH]c1=O. The zero-order valence-corrected chi connectivity index (χ0v) is 9.29. The number of carbonyl (C=O) groups excluding carboxylic acids is 1. The molecule has 0 amide bonds. The molecule has 2 rings (SSSR count). The van der Waals surface area contributed by atoms with Gasteiger partial charge in [0.05, 0.1) is 11.0 Å². The molecule has 0 aliphatic carbocycles. The van der Waals surface area contributed by atoms with Crippen LogP contribution < -0.4 is 10.3 Å². The second-order valence-electron chi connectivity index (χ2n) is 3.48. The number of fused-ring (bicyclic) bond motifs is 1. The highest BCUT2D eigenvalue weighted by Crippen LogP contribution is 2.15. The molecule has 2 aromatic rings. The Labute approximate surface area is 99.4 Å². The van der Waals surface area contributed by atoms with Crippen LogP contribution in [0.1, 0.15) is 13.3 Å². The fraction of sp³-hybridized carbons (Fsp3) is 0.182. The van der Waals surface area contributed by atoms with Crippen molar-refractivity contribution in [3.63, 3.8) is 0 Å². The van der Waals surface area contributed by atoms with E-state index in [0.29, 0.717) is 0 Å². The third-order valence-corrected chi connectivity index (χ3v) is 2.20. The van der Waals surface area contributed by atoms with E-state index in [-0.39, 0.29) is 17.5 Å². The van der Waals surface area contributed by atoms with Crippen molar-refractivity contribution in [3.8, 4) is 5.88 Å². The summed E-state index contributed by atoms with van der Waals surface area (Å²) >= 11 is 0. The fourth-order valence-electron chi connectivity index (χ4n) is 1.31. The lowest BCUT2D eigenvalue weighted by atomic mass is 10.3. The molecule has 1 N–H and O–H groups in total. The van der Waals surface area contributed by atoms with Crippen LogP contribution >= 0.6 is 0 Å². The van der Waals surface area contributed by atoms with Crippen molar-refractivity contribution in [1.82, 2.24) is 9.97 Å². The summed E-state index contributed by atoms with van der Waals surface area (Å²) < 4.78 is 30.6. The predicted octanol–water partition coefficient (Wildman–Crippen LogP) is 1.52. The highest BCUT2D eigenvalue weighted by Gasteiger charge is 2.12. The maximum atomic E-state index is 13.0. The number of carbonyl (C=O) groups is 1. The van der Waals surface area contributed by atoms with Gasteiger partial charge in [0, 0.05) is 18.6 Å². The lowest BCUT2D eigenvalue weighted by Crippen LogP contribution is -2.17. The van der Waals surface area contributed by atoms with E-state index in [9.17, 15) is 18.4 Å². The Morgan fingerprint density at radius 2 is 2.06 bits per heavy atom. The summed E-state index contributed by atoms with van der Waals surface area (Å²) in [7, 11) is 0. The predicted molar refractivity (Wildman–Crippen MR) is 58.2 cm³/mol. The van der Waals surface area contributed by atoms with Gasteiger partial charge in [-0.2, -0.15) is 0 Å². The Bertz CT molecular complexity index is 682. The lowest BCUT2D eigenvalue weighted by Gasteiger charge is -2.03. The van der Waals surface area contributed by atoms with Gasteiger partial charge in [-0.3, -0.25) is 9.59 Å². The van der Waals surface area contributed by atoms with Crippen LogP contribution in [0, 0.1) is 11.6 Å². The number of nitrogens with one attached hydrogen (secondary N) is 1. The number of H-pyrrole nitrogens is 1. The zero-order chi connectivity index (χ0) is 13.3. The van der Waals surface area contributed by atoms with Crippen LogP contribution in [0.2, 0.25) is 0 Å². The second-order valence-corrected chi connectivity index (χ2v) is 3.48. The van der Waals surface area contributed by atoms with Crippen molar-refractivity contribution in [1.29, 1.82) is 0 Å². The van der Waals surface area contributed by atoms with Crippen molar-refractivity contribution < 1.29 is 18.3 Å². The van der Waals surface area contributed by atoms with Gasteiger partial charge in [-0.05, 0) is 0 Å². The average molecular weight is 254 g/mol. The van der Waals surface area contributed by atoms with Gasteiger partial charge >= 0.3 is 11.5 Å². The van der Waals surface area contributed by atoms with E-state index in [1.807, 2.05) is 0 Å². The normalized spacial score (nSPS) is 10.6. The molecule has 7 heteroatoms. The molecule has 0 radical (unpaired) electrons. The Kier molecular flexibility index (Phi) is 3.05. The Balaban J connectivity index is 2.57. The van der Waals surface area contributed by atoms with E-state index in [4.69, 9.17) is 0 Å². The summed E-state index contributed by atoms with van der Waals surface area (Å²) in [6.45, 7) is 1.55. The maximum absolute atomic E-state index is 13.0. The number of ether oxygens (including phenoxy) is 1. The van der Waals surface area contributed by atoms with Crippen molar-refractivity contribution in [2.45, 2.75) is 13.3 Å². The highest BCUT2D eigenvalue weighted by atomic mass is 19.2. The number of aromatic nitrogens is 2. The number of hydrogen-bond acceptors (Lipinski definition) is 4. The highest BCUT2D eigenvalue weighted by molar-refractivity contribution is 5.76. The van der Waals surface area contributed by atoms with Gasteiger partial charge in [0.15, 0.2) is 11.6 Å². The van der Waals surface area contributed by atoms with E-state index in [1.165, 1.54) is 0 Å². The Morgan fingerprint density at radius 3 is 2.72 bits per heavy atom. The first-order chi connectivity index (χ1) is 8.51. The molecular formula is C11H8F2N2O3. The van der Waals surface area contributed by atoms with Crippen LogP contribution in [-0.4, -0.2) is 15.9 Å². The van der Waals surface area contributed by atoms with Gasteiger partial charge in [-0.15, -0.1) is 0 Å². The largest absolute Gasteiger partial charge is 0.402 e. The number of halogens is 2. The molecular weight excluding hydrogens is 246 g/mol. The first-order valence-electron chi connectivity index (χ1n) is 5.11. The number of benzene rings is 1. The lowest BCUT2D eigenvalue weighted by molar-refractivity contribution is -0.134. The van der Waals surface area contributed by atoms with Gasteiger partial charge in [-0.25, -0.2) is 13.8 Å². The molecule has 94 valence electrons. The molecule has 0 aliphatic heterocycles. The third-order valence-electron chi connectivity index (χ3n) is 2.20. The molecule has 0 spiro atoms. The number of esters is 1. The zero-order valence-electron chi connectivity index (χ0n) is 9.29. The molecule has 0 bridgehead atoms. The molecule has 1 aromatic heterocycles. The molecule has 0 atom stereocenters. The topological polar surface area (TPSA) is 72.0 Å². The quantitative estimate of drug-likeness (QED) is 0.824. The van der Waals surface area contributed by atoms with Gasteiger partial charge in [0.25, 0.3) is 5.88 Å². The standard InChI is InChI=1S/C11H8F2N2O3/c1-2-9(16)18-11-10(17)14-7-3-5(12)6(13)4-8(7)15-11/h3-4H,2H2,1H3,(H,14,17). The Hall–Kier alpha value is -2.31. The van der Waals surface area contributed by atoms with Crippen LogP contribution in [0.4, 0.5) is 8.78 Å².